The van der Waals surface area contributed by atoms with E-state index in [0.29, 0.717) is 13.1 Å². The van der Waals surface area contributed by atoms with E-state index in [1.54, 1.807) is 6.92 Å². The number of hydrogen-bond donors (Lipinski definition) is 1. The largest absolute Gasteiger partial charge is 0.377 e. The molecule has 1 aliphatic heterocycles. The lowest BCUT2D eigenvalue weighted by atomic mass is 9.85. The van der Waals surface area contributed by atoms with Crippen LogP contribution in [0.4, 0.5) is 11.4 Å². The van der Waals surface area contributed by atoms with Crippen LogP contribution in [-0.2, 0) is 20.9 Å². The van der Waals surface area contributed by atoms with Crippen molar-refractivity contribution in [3.63, 3.8) is 0 Å². The fourth-order valence-electron chi connectivity index (χ4n) is 3.69. The van der Waals surface area contributed by atoms with E-state index >= 15 is 0 Å². The molecule has 2 aliphatic rings. The second kappa shape index (κ2) is 8.74. The number of anilines is 2. The molecule has 1 aliphatic carbocycles. The second-order valence-electron chi connectivity index (χ2n) is 7.89. The smallest absolute Gasteiger partial charge is 0.227 e. The molecule has 1 aromatic carbocycles. The van der Waals surface area contributed by atoms with E-state index in [2.05, 4.69) is 5.32 Å². The normalized spacial score (nSPS) is 19.4. The molecule has 2 amide bonds. The van der Waals surface area contributed by atoms with E-state index < -0.39 is 0 Å². The van der Waals surface area contributed by atoms with Gasteiger partial charge in [-0.15, -0.1) is 0 Å². The van der Waals surface area contributed by atoms with Gasteiger partial charge in [-0.05, 0) is 49.4 Å². The van der Waals surface area contributed by atoms with Crippen molar-refractivity contribution in [1.82, 2.24) is 4.90 Å². The number of nitrogens with zero attached hydrogens (tertiary/aromatic N) is 2. The zero-order chi connectivity index (χ0) is 19.4. The standard InChI is InChI=1S/C21H31N3O3/c1-15(25)24(14-19-8-5-11-27-19)13-17-12-18(9-10-20(17)23(2)3)22-21(26)16-6-4-7-16/h9-10,12,16,19H,4-8,11,13-14H2,1-3H3,(H,22,26)/t19-/m0/s1. The van der Waals surface area contributed by atoms with Crippen molar-refractivity contribution in [3.05, 3.63) is 23.8 Å². The summed E-state index contributed by atoms with van der Waals surface area (Å²) in [5, 5.41) is 3.04. The molecule has 1 N–H and O–H groups in total. The molecule has 0 unspecified atom stereocenters. The van der Waals surface area contributed by atoms with Gasteiger partial charge in [-0.25, -0.2) is 0 Å². The molecule has 1 heterocycles. The van der Waals surface area contributed by atoms with Crippen molar-refractivity contribution >= 4 is 23.2 Å². The number of amides is 2. The number of ether oxygens (including phenoxy) is 1. The van der Waals surface area contributed by atoms with Crippen LogP contribution in [0, 0.1) is 5.92 Å². The van der Waals surface area contributed by atoms with E-state index in [9.17, 15) is 9.59 Å². The molecule has 0 aromatic heterocycles. The SMILES string of the molecule is CC(=O)N(Cc1cc(NC(=O)C2CCC2)ccc1N(C)C)C[C@@H]1CCCO1. The third-order valence-electron chi connectivity index (χ3n) is 5.56. The Kier molecular flexibility index (Phi) is 6.37. The zero-order valence-electron chi connectivity index (χ0n) is 16.7. The highest BCUT2D eigenvalue weighted by molar-refractivity contribution is 5.93. The summed E-state index contributed by atoms with van der Waals surface area (Å²) in [7, 11) is 3.98. The van der Waals surface area contributed by atoms with Gasteiger partial charge in [0.1, 0.15) is 0 Å². The first-order chi connectivity index (χ1) is 12.9. The lowest BCUT2D eigenvalue weighted by Crippen LogP contribution is -2.35. The Labute approximate surface area is 161 Å². The van der Waals surface area contributed by atoms with Crippen LogP contribution in [0.3, 0.4) is 0 Å². The highest BCUT2D eigenvalue weighted by atomic mass is 16.5. The number of hydrogen-bond acceptors (Lipinski definition) is 4. The van der Waals surface area contributed by atoms with Crippen molar-refractivity contribution < 1.29 is 14.3 Å². The lowest BCUT2D eigenvalue weighted by Gasteiger charge is -2.28. The summed E-state index contributed by atoms with van der Waals surface area (Å²) in [6.07, 6.45) is 5.28. The fourth-order valence-corrected chi connectivity index (χ4v) is 3.69. The molecule has 148 valence electrons. The molecule has 0 radical (unpaired) electrons. The molecule has 3 rings (SSSR count). The first kappa shape index (κ1) is 19.7. The van der Waals surface area contributed by atoms with Gasteiger partial charge in [0.25, 0.3) is 0 Å². The predicted octanol–water partition coefficient (Wildman–Crippen LogP) is 3.02. The molecule has 27 heavy (non-hydrogen) atoms. The Morgan fingerprint density at radius 3 is 2.52 bits per heavy atom. The molecule has 1 saturated heterocycles. The molecule has 1 saturated carbocycles. The zero-order valence-corrected chi connectivity index (χ0v) is 16.7. The Morgan fingerprint density at radius 1 is 1.19 bits per heavy atom. The molecule has 1 aromatic rings. The predicted molar refractivity (Wildman–Crippen MR) is 107 cm³/mol. The quantitative estimate of drug-likeness (QED) is 0.798. The van der Waals surface area contributed by atoms with Crippen molar-refractivity contribution in [2.24, 2.45) is 5.92 Å². The fraction of sp³-hybridized carbons (Fsp3) is 0.619. The van der Waals surface area contributed by atoms with Crippen LogP contribution in [0.1, 0.15) is 44.6 Å². The summed E-state index contributed by atoms with van der Waals surface area (Å²) in [4.78, 5) is 28.4. The minimum atomic E-state index is 0.0408. The maximum Gasteiger partial charge on any atom is 0.227 e. The topological polar surface area (TPSA) is 61.9 Å². The third kappa shape index (κ3) is 5.01. The van der Waals surface area contributed by atoms with Gasteiger partial charge in [-0.2, -0.15) is 0 Å². The van der Waals surface area contributed by atoms with Crippen LogP contribution < -0.4 is 10.2 Å². The highest BCUT2D eigenvalue weighted by Crippen LogP contribution is 2.29. The van der Waals surface area contributed by atoms with Crippen LogP contribution in [0.15, 0.2) is 18.2 Å². The lowest BCUT2D eigenvalue weighted by molar-refractivity contribution is -0.131. The summed E-state index contributed by atoms with van der Waals surface area (Å²) in [6.45, 7) is 3.51. The van der Waals surface area contributed by atoms with Gasteiger partial charge < -0.3 is 19.9 Å². The molecule has 6 nitrogen and oxygen atoms in total. The van der Waals surface area contributed by atoms with Crippen LogP contribution in [0.2, 0.25) is 0 Å². The number of rotatable bonds is 7. The van der Waals surface area contributed by atoms with Gasteiger partial charge >= 0.3 is 0 Å². The van der Waals surface area contributed by atoms with Gasteiger partial charge in [-0.1, -0.05) is 6.42 Å². The first-order valence-electron chi connectivity index (χ1n) is 9.92. The van der Waals surface area contributed by atoms with Crippen molar-refractivity contribution in [2.75, 3.05) is 37.5 Å². The van der Waals surface area contributed by atoms with Crippen LogP contribution in [0.5, 0.6) is 0 Å². The Balaban J connectivity index is 1.76. The summed E-state index contributed by atoms with van der Waals surface area (Å²) >= 11 is 0. The maximum atomic E-state index is 12.3. The minimum absolute atomic E-state index is 0.0408. The summed E-state index contributed by atoms with van der Waals surface area (Å²) in [6, 6.07) is 5.95. The van der Waals surface area contributed by atoms with Gasteiger partial charge in [-0.3, -0.25) is 9.59 Å². The van der Waals surface area contributed by atoms with Gasteiger partial charge in [0.05, 0.1) is 6.10 Å². The average Bonchev–Trinajstić information content (AvgIpc) is 3.05. The summed E-state index contributed by atoms with van der Waals surface area (Å²) in [5.41, 5.74) is 2.88. The molecule has 6 heteroatoms. The monoisotopic (exact) mass is 373 g/mol. The average molecular weight is 373 g/mol. The molecule has 1 atom stereocenters. The number of carbonyl (C=O) groups is 2. The molecule has 0 spiro atoms. The van der Waals surface area contributed by atoms with Gasteiger partial charge in [0.15, 0.2) is 0 Å². The second-order valence-corrected chi connectivity index (χ2v) is 7.89. The maximum absolute atomic E-state index is 12.3. The van der Waals surface area contributed by atoms with E-state index in [1.165, 1.54) is 0 Å². The van der Waals surface area contributed by atoms with Crippen LogP contribution in [-0.4, -0.2) is 50.1 Å². The van der Waals surface area contributed by atoms with Crippen LogP contribution in [0.25, 0.3) is 0 Å². The van der Waals surface area contributed by atoms with Crippen LogP contribution >= 0.6 is 0 Å². The van der Waals surface area contributed by atoms with E-state index in [0.717, 1.165) is 55.6 Å². The number of carbonyl (C=O) groups excluding carboxylic acids is 2. The highest BCUT2D eigenvalue weighted by Gasteiger charge is 2.26. The van der Waals surface area contributed by atoms with E-state index in [1.807, 2.05) is 42.1 Å². The molecule has 0 bridgehead atoms. The van der Waals surface area contributed by atoms with E-state index in [-0.39, 0.29) is 23.8 Å². The molecular weight excluding hydrogens is 342 g/mol. The Hall–Kier alpha value is -2.08. The first-order valence-corrected chi connectivity index (χ1v) is 9.92. The van der Waals surface area contributed by atoms with Gasteiger partial charge in [0, 0.05) is 58.0 Å². The Morgan fingerprint density at radius 2 is 1.96 bits per heavy atom. The Bertz CT molecular complexity index is 679. The van der Waals surface area contributed by atoms with Gasteiger partial charge in [0.2, 0.25) is 11.8 Å². The summed E-state index contributed by atoms with van der Waals surface area (Å²) < 4.78 is 5.71. The molecular formula is C21H31N3O3. The van der Waals surface area contributed by atoms with Crippen molar-refractivity contribution in [2.45, 2.75) is 51.7 Å². The minimum Gasteiger partial charge on any atom is -0.377 e. The molecule has 2 fully saturated rings. The summed E-state index contributed by atoms with van der Waals surface area (Å²) in [5.74, 6) is 0.293. The third-order valence-corrected chi connectivity index (χ3v) is 5.56. The van der Waals surface area contributed by atoms with Crippen molar-refractivity contribution in [3.8, 4) is 0 Å². The van der Waals surface area contributed by atoms with Crippen molar-refractivity contribution in [1.29, 1.82) is 0 Å². The number of benzene rings is 1. The van der Waals surface area contributed by atoms with E-state index in [4.69, 9.17) is 4.74 Å². The number of nitrogens with one attached hydrogen (secondary N) is 1.